The smallest absolute Gasteiger partial charge is 0.417 e. The van der Waals surface area contributed by atoms with Gasteiger partial charge in [0.05, 0.1) is 24.3 Å². The lowest BCUT2D eigenvalue weighted by Crippen LogP contribution is -2.39. The van der Waals surface area contributed by atoms with Gasteiger partial charge < -0.3 is 4.74 Å². The van der Waals surface area contributed by atoms with E-state index in [4.69, 9.17) is 9.57 Å². The number of pyridine rings is 1. The summed E-state index contributed by atoms with van der Waals surface area (Å²) < 4.78 is 44.8. The fraction of sp³-hybridized carbons (Fsp3) is 0.476. The van der Waals surface area contributed by atoms with E-state index in [2.05, 4.69) is 22.6 Å². The zero-order chi connectivity index (χ0) is 19.8. The molecule has 1 saturated carbocycles. The largest absolute Gasteiger partial charge is 0.481 e. The van der Waals surface area contributed by atoms with Crippen molar-refractivity contribution in [3.63, 3.8) is 0 Å². The van der Waals surface area contributed by atoms with Crippen molar-refractivity contribution in [3.05, 3.63) is 59.3 Å². The number of benzene rings is 1. The SMILES string of the molecule is COc1ncc(C(F)(F)F)cc1[C@@H]1C[C@@]2(CCCC[C@H]2c2ccccc2)ON1. The van der Waals surface area contributed by atoms with Crippen LogP contribution in [0.4, 0.5) is 13.2 Å². The van der Waals surface area contributed by atoms with Gasteiger partial charge in [-0.05, 0) is 24.5 Å². The maximum absolute atomic E-state index is 13.2. The van der Waals surface area contributed by atoms with Crippen LogP contribution in [-0.4, -0.2) is 17.7 Å². The molecule has 0 amide bonds. The van der Waals surface area contributed by atoms with Crippen LogP contribution in [0.25, 0.3) is 0 Å². The summed E-state index contributed by atoms with van der Waals surface area (Å²) in [5.74, 6) is 0.392. The molecule has 150 valence electrons. The number of methoxy groups -OCH3 is 1. The van der Waals surface area contributed by atoms with E-state index in [-0.39, 0.29) is 11.8 Å². The van der Waals surface area contributed by atoms with Crippen LogP contribution in [-0.2, 0) is 11.0 Å². The molecule has 1 saturated heterocycles. The lowest BCUT2D eigenvalue weighted by Gasteiger charge is -2.40. The Bertz CT molecular complexity index is 828. The summed E-state index contributed by atoms with van der Waals surface area (Å²) in [5.41, 5.74) is 3.36. The molecule has 2 aliphatic rings. The van der Waals surface area contributed by atoms with Crippen molar-refractivity contribution in [2.75, 3.05) is 7.11 Å². The molecule has 0 radical (unpaired) electrons. The normalized spacial score (nSPS) is 27.9. The van der Waals surface area contributed by atoms with Gasteiger partial charge in [-0.25, -0.2) is 4.98 Å². The Morgan fingerprint density at radius 3 is 2.71 bits per heavy atom. The van der Waals surface area contributed by atoms with Crippen LogP contribution in [0, 0.1) is 0 Å². The standard InChI is InChI=1S/C21H23F3N2O2/c1-27-19-16(11-15(13-25-19)21(22,23)24)18-12-20(28-26-18)10-6-5-9-17(20)14-7-3-2-4-8-14/h2-4,7-8,11,13,17-18,26H,5-6,9-10,12H2,1H3/t17-,18-,20+/m0/s1. The van der Waals surface area contributed by atoms with Gasteiger partial charge in [0.2, 0.25) is 5.88 Å². The van der Waals surface area contributed by atoms with E-state index >= 15 is 0 Å². The molecule has 1 aromatic heterocycles. The average molecular weight is 392 g/mol. The number of ether oxygens (including phenoxy) is 1. The van der Waals surface area contributed by atoms with Gasteiger partial charge in [0, 0.05) is 24.1 Å². The van der Waals surface area contributed by atoms with Crippen LogP contribution in [0.2, 0.25) is 0 Å². The molecule has 1 N–H and O–H groups in total. The summed E-state index contributed by atoms with van der Waals surface area (Å²) in [5, 5.41) is 0. The molecule has 1 aliphatic carbocycles. The lowest BCUT2D eigenvalue weighted by atomic mass is 9.69. The van der Waals surface area contributed by atoms with Gasteiger partial charge in [-0.2, -0.15) is 18.7 Å². The number of aromatic nitrogens is 1. The third kappa shape index (κ3) is 3.49. The van der Waals surface area contributed by atoms with E-state index in [0.717, 1.165) is 37.9 Å². The highest BCUT2D eigenvalue weighted by Crippen LogP contribution is 2.51. The Balaban J connectivity index is 1.66. The zero-order valence-corrected chi connectivity index (χ0v) is 15.6. The van der Waals surface area contributed by atoms with Crippen molar-refractivity contribution in [2.24, 2.45) is 0 Å². The van der Waals surface area contributed by atoms with Crippen LogP contribution in [0.5, 0.6) is 5.88 Å². The Morgan fingerprint density at radius 2 is 2.00 bits per heavy atom. The van der Waals surface area contributed by atoms with Crippen molar-refractivity contribution in [1.82, 2.24) is 10.5 Å². The lowest BCUT2D eigenvalue weighted by molar-refractivity contribution is -0.137. The molecule has 1 aliphatic heterocycles. The molecule has 3 atom stereocenters. The summed E-state index contributed by atoms with van der Waals surface area (Å²) in [6, 6.07) is 10.9. The quantitative estimate of drug-likeness (QED) is 0.783. The molecule has 0 bridgehead atoms. The van der Waals surface area contributed by atoms with Gasteiger partial charge in [0.25, 0.3) is 0 Å². The summed E-state index contributed by atoms with van der Waals surface area (Å²) in [7, 11) is 1.41. The Morgan fingerprint density at radius 1 is 1.21 bits per heavy atom. The number of hydrogen-bond donors (Lipinski definition) is 1. The molecule has 0 unspecified atom stereocenters. The first-order chi connectivity index (χ1) is 13.4. The highest BCUT2D eigenvalue weighted by atomic mass is 19.4. The fourth-order valence-electron chi connectivity index (χ4n) is 4.57. The number of alkyl halides is 3. The van der Waals surface area contributed by atoms with Crippen LogP contribution in [0.15, 0.2) is 42.6 Å². The molecule has 2 fully saturated rings. The molecule has 4 rings (SSSR count). The molecule has 1 aromatic carbocycles. The Kier molecular flexibility index (Phi) is 5.05. The molecule has 4 nitrogen and oxygen atoms in total. The van der Waals surface area contributed by atoms with Gasteiger partial charge >= 0.3 is 6.18 Å². The molecular formula is C21H23F3N2O2. The van der Waals surface area contributed by atoms with Crippen LogP contribution < -0.4 is 10.2 Å². The van der Waals surface area contributed by atoms with E-state index in [1.54, 1.807) is 0 Å². The van der Waals surface area contributed by atoms with Crippen LogP contribution in [0.3, 0.4) is 0 Å². The van der Waals surface area contributed by atoms with E-state index in [9.17, 15) is 13.2 Å². The average Bonchev–Trinajstić information content (AvgIpc) is 3.12. The third-order valence-electron chi connectivity index (χ3n) is 5.91. The molecule has 2 aromatic rings. The predicted octanol–water partition coefficient (Wildman–Crippen LogP) is 5.17. The molecule has 1 spiro atoms. The molecule has 28 heavy (non-hydrogen) atoms. The third-order valence-corrected chi connectivity index (χ3v) is 5.91. The zero-order valence-electron chi connectivity index (χ0n) is 15.6. The van der Waals surface area contributed by atoms with Crippen LogP contribution >= 0.6 is 0 Å². The summed E-state index contributed by atoms with van der Waals surface area (Å²) in [6.07, 6.45) is 0.941. The van der Waals surface area contributed by atoms with Crippen molar-refractivity contribution in [2.45, 2.75) is 55.8 Å². The second-order valence-electron chi connectivity index (χ2n) is 7.57. The van der Waals surface area contributed by atoms with Gasteiger partial charge in [-0.15, -0.1) is 0 Å². The predicted molar refractivity (Wildman–Crippen MR) is 97.8 cm³/mol. The summed E-state index contributed by atoms with van der Waals surface area (Å²) in [4.78, 5) is 10.0. The number of nitrogens with zero attached hydrogens (tertiary/aromatic N) is 1. The van der Waals surface area contributed by atoms with Crippen molar-refractivity contribution in [1.29, 1.82) is 0 Å². The number of nitrogens with one attached hydrogen (secondary N) is 1. The minimum atomic E-state index is -4.46. The first kappa shape index (κ1) is 19.2. The molecule has 7 heteroatoms. The van der Waals surface area contributed by atoms with E-state index in [0.29, 0.717) is 12.0 Å². The maximum Gasteiger partial charge on any atom is 0.417 e. The highest BCUT2D eigenvalue weighted by molar-refractivity contribution is 5.35. The van der Waals surface area contributed by atoms with Gasteiger partial charge in [0.1, 0.15) is 0 Å². The summed E-state index contributed by atoms with van der Waals surface area (Å²) >= 11 is 0. The first-order valence-electron chi connectivity index (χ1n) is 9.52. The maximum atomic E-state index is 13.2. The van der Waals surface area contributed by atoms with Gasteiger partial charge in [-0.3, -0.25) is 4.84 Å². The van der Waals surface area contributed by atoms with Crippen LogP contribution in [0.1, 0.15) is 60.8 Å². The van der Waals surface area contributed by atoms with E-state index < -0.39 is 23.4 Å². The van der Waals surface area contributed by atoms with Gasteiger partial charge in [-0.1, -0.05) is 43.2 Å². The van der Waals surface area contributed by atoms with E-state index in [1.807, 2.05) is 18.2 Å². The van der Waals surface area contributed by atoms with E-state index in [1.165, 1.54) is 12.7 Å². The van der Waals surface area contributed by atoms with Crippen molar-refractivity contribution in [3.8, 4) is 5.88 Å². The number of rotatable bonds is 3. The highest BCUT2D eigenvalue weighted by Gasteiger charge is 2.49. The fourth-order valence-corrected chi connectivity index (χ4v) is 4.57. The Hall–Kier alpha value is -2.12. The van der Waals surface area contributed by atoms with Crippen molar-refractivity contribution < 1.29 is 22.7 Å². The number of halogens is 3. The molecule has 2 heterocycles. The second-order valence-corrected chi connectivity index (χ2v) is 7.57. The first-order valence-corrected chi connectivity index (χ1v) is 9.52. The summed E-state index contributed by atoms with van der Waals surface area (Å²) in [6.45, 7) is 0. The number of hydrogen-bond acceptors (Lipinski definition) is 4. The minimum absolute atomic E-state index is 0.193. The molecular weight excluding hydrogens is 369 g/mol. The van der Waals surface area contributed by atoms with Gasteiger partial charge in [0.15, 0.2) is 0 Å². The topological polar surface area (TPSA) is 43.4 Å². The number of hydroxylamine groups is 1. The van der Waals surface area contributed by atoms with Crippen molar-refractivity contribution >= 4 is 0 Å². The minimum Gasteiger partial charge on any atom is -0.481 e. The monoisotopic (exact) mass is 392 g/mol. The Labute approximate surface area is 162 Å². The second kappa shape index (κ2) is 7.37.